The number of halogens is 1. The molecule has 0 saturated heterocycles. The first-order valence-electron chi connectivity index (χ1n) is 4.81. The Bertz CT molecular complexity index is 714. The quantitative estimate of drug-likeness (QED) is 0.749. The van der Waals surface area contributed by atoms with E-state index in [1.54, 1.807) is 0 Å². The van der Waals surface area contributed by atoms with Crippen molar-refractivity contribution in [1.82, 2.24) is 15.2 Å². The number of hydrogen-bond donors (Lipinski definition) is 3. The van der Waals surface area contributed by atoms with E-state index < -0.39 is 32.3 Å². The van der Waals surface area contributed by atoms with Crippen LogP contribution in [0.3, 0.4) is 0 Å². The number of rotatable bonds is 4. The summed E-state index contributed by atoms with van der Waals surface area (Å²) < 4.78 is 38.9. The second-order valence-corrected chi connectivity index (χ2v) is 5.07. The number of H-pyrrole nitrogens is 1. The van der Waals surface area contributed by atoms with Crippen molar-refractivity contribution in [2.45, 2.75) is 4.90 Å². The van der Waals surface area contributed by atoms with Gasteiger partial charge in [-0.3, -0.25) is 0 Å². The zero-order valence-electron chi connectivity index (χ0n) is 9.16. The number of sulfonamides is 1. The maximum Gasteiger partial charge on any atom is 0.338 e. The number of carboxylic acid groups (broad SMARTS) is 1. The summed E-state index contributed by atoms with van der Waals surface area (Å²) in [6.07, 6.45) is 1.09. The van der Waals surface area contributed by atoms with Gasteiger partial charge in [0.25, 0.3) is 10.0 Å². The third-order valence-corrected chi connectivity index (χ3v) is 3.46. The molecule has 3 N–H and O–H groups in total. The van der Waals surface area contributed by atoms with Crippen LogP contribution in [0, 0.1) is 5.82 Å². The minimum absolute atomic E-state index is 0.138. The second kappa shape index (κ2) is 4.65. The topological polar surface area (TPSA) is 125 Å². The molecule has 0 unspecified atom stereocenters. The van der Waals surface area contributed by atoms with Crippen molar-refractivity contribution in [1.29, 1.82) is 0 Å². The van der Waals surface area contributed by atoms with Gasteiger partial charge in [-0.15, -0.1) is 0 Å². The van der Waals surface area contributed by atoms with Gasteiger partial charge in [0.05, 0.1) is 10.5 Å². The van der Waals surface area contributed by atoms with Crippen LogP contribution in [0.1, 0.15) is 10.4 Å². The Balaban J connectivity index is 2.41. The smallest absolute Gasteiger partial charge is 0.338 e. The molecule has 0 aliphatic rings. The maximum absolute atomic E-state index is 13.2. The van der Waals surface area contributed by atoms with Crippen molar-refractivity contribution in [3.05, 3.63) is 35.9 Å². The molecule has 0 atom stereocenters. The van der Waals surface area contributed by atoms with Crippen molar-refractivity contribution >= 4 is 21.9 Å². The first-order chi connectivity index (χ1) is 8.90. The van der Waals surface area contributed by atoms with Gasteiger partial charge in [0.2, 0.25) is 5.95 Å². The Labute approximate surface area is 106 Å². The Morgan fingerprint density at radius 3 is 2.74 bits per heavy atom. The largest absolute Gasteiger partial charge is 0.478 e. The molecular formula is C9H7FN4O4S. The molecule has 8 nitrogen and oxygen atoms in total. The van der Waals surface area contributed by atoms with Crippen LogP contribution < -0.4 is 4.72 Å². The molecule has 2 rings (SSSR count). The molecular weight excluding hydrogens is 279 g/mol. The predicted octanol–water partition coefficient (Wildman–Crippen LogP) is 0.443. The molecule has 19 heavy (non-hydrogen) atoms. The number of aromatic carboxylic acids is 1. The van der Waals surface area contributed by atoms with E-state index in [-0.39, 0.29) is 5.95 Å². The summed E-state index contributed by atoms with van der Waals surface area (Å²) in [5.74, 6) is -2.72. The van der Waals surface area contributed by atoms with Crippen LogP contribution in [0.5, 0.6) is 0 Å². The highest BCUT2D eigenvalue weighted by Crippen LogP contribution is 2.17. The van der Waals surface area contributed by atoms with Gasteiger partial charge >= 0.3 is 5.97 Å². The number of hydrogen-bond acceptors (Lipinski definition) is 5. The van der Waals surface area contributed by atoms with E-state index in [0.717, 1.165) is 24.5 Å². The Hall–Kier alpha value is -2.49. The molecule has 0 radical (unpaired) electrons. The lowest BCUT2D eigenvalue weighted by atomic mass is 10.2. The first-order valence-corrected chi connectivity index (χ1v) is 6.29. The van der Waals surface area contributed by atoms with Crippen LogP contribution in [0.25, 0.3) is 0 Å². The van der Waals surface area contributed by atoms with Gasteiger partial charge in [-0.25, -0.2) is 27.4 Å². The first kappa shape index (κ1) is 13.0. The van der Waals surface area contributed by atoms with Gasteiger partial charge in [-0.1, -0.05) is 0 Å². The molecule has 0 fully saturated rings. The van der Waals surface area contributed by atoms with Crippen molar-refractivity contribution in [3.63, 3.8) is 0 Å². The molecule has 100 valence electrons. The van der Waals surface area contributed by atoms with Gasteiger partial charge in [-0.05, 0) is 18.2 Å². The predicted molar refractivity (Wildman–Crippen MR) is 60.6 cm³/mol. The van der Waals surface area contributed by atoms with E-state index in [0.29, 0.717) is 0 Å². The standard InChI is InChI=1S/C9H7FN4O4S/c10-7-2-1-5(3-6(7)8(15)16)19(17,18)14-9-11-4-12-13-9/h1-4H,(H,15,16)(H2,11,12,13,14). The van der Waals surface area contributed by atoms with E-state index in [1.165, 1.54) is 0 Å². The van der Waals surface area contributed by atoms with Crippen LogP contribution in [-0.4, -0.2) is 34.7 Å². The number of nitrogens with zero attached hydrogens (tertiary/aromatic N) is 2. The zero-order chi connectivity index (χ0) is 14.0. The average Bonchev–Trinajstić information content (AvgIpc) is 2.80. The van der Waals surface area contributed by atoms with Gasteiger partial charge < -0.3 is 5.11 Å². The fourth-order valence-corrected chi connectivity index (χ4v) is 2.27. The van der Waals surface area contributed by atoms with E-state index in [9.17, 15) is 17.6 Å². The van der Waals surface area contributed by atoms with Crippen LogP contribution >= 0.6 is 0 Å². The number of anilines is 1. The molecule has 0 aliphatic carbocycles. The fraction of sp³-hybridized carbons (Fsp3) is 0. The lowest BCUT2D eigenvalue weighted by Gasteiger charge is -2.06. The van der Waals surface area contributed by atoms with Crippen LogP contribution in [0.2, 0.25) is 0 Å². The third kappa shape index (κ3) is 2.68. The molecule has 1 aromatic carbocycles. The van der Waals surface area contributed by atoms with Crippen molar-refractivity contribution in [2.24, 2.45) is 0 Å². The Morgan fingerprint density at radius 1 is 1.42 bits per heavy atom. The highest BCUT2D eigenvalue weighted by Gasteiger charge is 2.20. The minimum atomic E-state index is -4.07. The second-order valence-electron chi connectivity index (χ2n) is 3.39. The van der Waals surface area contributed by atoms with Crippen LogP contribution in [-0.2, 0) is 10.0 Å². The summed E-state index contributed by atoms with van der Waals surface area (Å²) in [5.41, 5.74) is -0.736. The molecule has 0 saturated carbocycles. The molecule has 0 spiro atoms. The van der Waals surface area contributed by atoms with Crippen LogP contribution in [0.15, 0.2) is 29.4 Å². The van der Waals surface area contributed by atoms with Crippen LogP contribution in [0.4, 0.5) is 10.3 Å². The third-order valence-electron chi connectivity index (χ3n) is 2.12. The van der Waals surface area contributed by atoms with E-state index in [4.69, 9.17) is 5.11 Å². The molecule has 10 heteroatoms. The van der Waals surface area contributed by atoms with Gasteiger partial charge in [0.15, 0.2) is 0 Å². The monoisotopic (exact) mass is 286 g/mol. The number of benzene rings is 1. The number of aromatic amines is 1. The number of aromatic nitrogens is 3. The van der Waals surface area contributed by atoms with E-state index in [1.807, 2.05) is 4.72 Å². The maximum atomic E-state index is 13.2. The molecule has 0 bridgehead atoms. The van der Waals surface area contributed by atoms with Crippen molar-refractivity contribution < 1.29 is 22.7 Å². The molecule has 2 aromatic rings. The fourth-order valence-electron chi connectivity index (χ4n) is 1.28. The molecule has 1 heterocycles. The average molecular weight is 286 g/mol. The Morgan fingerprint density at radius 2 is 2.16 bits per heavy atom. The Kier molecular flexibility index (Phi) is 3.17. The highest BCUT2D eigenvalue weighted by atomic mass is 32.2. The van der Waals surface area contributed by atoms with Crippen molar-refractivity contribution in [2.75, 3.05) is 4.72 Å². The molecule has 1 aromatic heterocycles. The lowest BCUT2D eigenvalue weighted by molar-refractivity contribution is 0.0691. The van der Waals surface area contributed by atoms with E-state index >= 15 is 0 Å². The summed E-state index contributed by atoms with van der Waals surface area (Å²) >= 11 is 0. The zero-order valence-corrected chi connectivity index (χ0v) is 9.98. The SMILES string of the molecule is O=C(O)c1cc(S(=O)(=O)Nc2ncn[nH]2)ccc1F. The van der Waals surface area contributed by atoms with Gasteiger partial charge in [0, 0.05) is 0 Å². The molecule has 0 aliphatic heterocycles. The minimum Gasteiger partial charge on any atom is -0.478 e. The van der Waals surface area contributed by atoms with E-state index in [2.05, 4.69) is 15.2 Å². The number of carbonyl (C=O) groups is 1. The normalized spacial score (nSPS) is 11.2. The summed E-state index contributed by atoms with van der Waals surface area (Å²) in [4.78, 5) is 13.9. The number of nitrogens with one attached hydrogen (secondary N) is 2. The van der Waals surface area contributed by atoms with Crippen molar-refractivity contribution in [3.8, 4) is 0 Å². The van der Waals surface area contributed by atoms with Gasteiger partial charge in [-0.2, -0.15) is 10.1 Å². The summed E-state index contributed by atoms with van der Waals surface area (Å²) in [7, 11) is -4.07. The highest BCUT2D eigenvalue weighted by molar-refractivity contribution is 7.92. The molecule has 0 amide bonds. The number of carboxylic acids is 1. The van der Waals surface area contributed by atoms with Gasteiger partial charge in [0.1, 0.15) is 12.1 Å². The summed E-state index contributed by atoms with van der Waals surface area (Å²) in [6.45, 7) is 0. The lowest BCUT2D eigenvalue weighted by Crippen LogP contribution is -2.15. The summed E-state index contributed by atoms with van der Waals surface area (Å²) in [6, 6.07) is 2.43. The summed E-state index contributed by atoms with van der Waals surface area (Å²) in [5, 5.41) is 14.4.